The second-order valence-electron chi connectivity index (χ2n) is 2.22. The molecule has 0 bridgehead atoms. The Morgan fingerprint density at radius 3 is 1.56 bits per heavy atom. The third-order valence-corrected chi connectivity index (χ3v) is 1.47. The maximum absolute atomic E-state index is 2.22. The standard InChI is InChI=1S/C6H15N.C2H6/c1-5-6(2)7(3)4;1-2/h6H,5H2,1-4H3;1-2H3/t6-;/m0./s1. The molecule has 0 aliphatic rings. The van der Waals surface area contributed by atoms with Crippen LogP contribution in [0.1, 0.15) is 34.1 Å². The van der Waals surface area contributed by atoms with Crippen molar-refractivity contribution in [2.24, 2.45) is 0 Å². The summed E-state index contributed by atoms with van der Waals surface area (Å²) in [6.45, 7) is 8.42. The summed E-state index contributed by atoms with van der Waals surface area (Å²) in [5, 5.41) is 0. The predicted molar refractivity (Wildman–Crippen MR) is 44.8 cm³/mol. The van der Waals surface area contributed by atoms with Gasteiger partial charge in [-0.15, -0.1) is 0 Å². The van der Waals surface area contributed by atoms with Gasteiger partial charge in [0.25, 0.3) is 0 Å². The van der Waals surface area contributed by atoms with Crippen LogP contribution < -0.4 is 0 Å². The Balaban J connectivity index is 0. The highest BCUT2D eigenvalue weighted by Crippen LogP contribution is 1.93. The van der Waals surface area contributed by atoms with Crippen LogP contribution in [0.2, 0.25) is 0 Å². The fourth-order valence-electron chi connectivity index (χ4n) is 0.365. The number of rotatable bonds is 2. The van der Waals surface area contributed by atoms with E-state index in [0.29, 0.717) is 0 Å². The Morgan fingerprint density at radius 2 is 1.56 bits per heavy atom. The molecule has 1 atom stereocenters. The zero-order chi connectivity index (χ0) is 7.86. The van der Waals surface area contributed by atoms with E-state index >= 15 is 0 Å². The summed E-state index contributed by atoms with van der Waals surface area (Å²) in [6.07, 6.45) is 1.24. The second kappa shape index (κ2) is 7.96. The van der Waals surface area contributed by atoms with Crippen molar-refractivity contribution in [3.63, 3.8) is 0 Å². The van der Waals surface area contributed by atoms with Crippen molar-refractivity contribution in [3.8, 4) is 0 Å². The molecule has 0 aliphatic carbocycles. The molecule has 0 aromatic heterocycles. The Kier molecular flexibility index (Phi) is 10.4. The fourth-order valence-corrected chi connectivity index (χ4v) is 0.365. The highest BCUT2D eigenvalue weighted by Gasteiger charge is 1.96. The molecule has 9 heavy (non-hydrogen) atoms. The van der Waals surface area contributed by atoms with Gasteiger partial charge < -0.3 is 4.90 Å². The van der Waals surface area contributed by atoms with Crippen LogP contribution in [0, 0.1) is 0 Å². The van der Waals surface area contributed by atoms with Crippen molar-refractivity contribution in [2.75, 3.05) is 14.1 Å². The van der Waals surface area contributed by atoms with Crippen molar-refractivity contribution in [3.05, 3.63) is 0 Å². The monoisotopic (exact) mass is 131 g/mol. The first-order valence-corrected chi connectivity index (χ1v) is 3.85. The van der Waals surface area contributed by atoms with E-state index in [1.165, 1.54) is 6.42 Å². The molecule has 1 heteroatoms. The van der Waals surface area contributed by atoms with Gasteiger partial charge in [-0.25, -0.2) is 0 Å². The van der Waals surface area contributed by atoms with Gasteiger partial charge in [0, 0.05) is 6.04 Å². The normalized spacial score (nSPS) is 12.3. The third-order valence-electron chi connectivity index (χ3n) is 1.47. The predicted octanol–water partition coefficient (Wildman–Crippen LogP) is 2.37. The lowest BCUT2D eigenvalue weighted by molar-refractivity contribution is 0.307. The van der Waals surface area contributed by atoms with Crippen molar-refractivity contribution in [1.82, 2.24) is 4.90 Å². The Morgan fingerprint density at radius 1 is 1.22 bits per heavy atom. The average molecular weight is 131 g/mol. The lowest BCUT2D eigenvalue weighted by atomic mass is 10.2. The summed E-state index contributed by atoms with van der Waals surface area (Å²) in [6, 6.07) is 0.736. The summed E-state index contributed by atoms with van der Waals surface area (Å²) >= 11 is 0. The van der Waals surface area contributed by atoms with Gasteiger partial charge in [-0.05, 0) is 27.4 Å². The van der Waals surface area contributed by atoms with E-state index in [1.54, 1.807) is 0 Å². The van der Waals surface area contributed by atoms with E-state index in [1.807, 2.05) is 13.8 Å². The van der Waals surface area contributed by atoms with E-state index in [-0.39, 0.29) is 0 Å². The highest BCUT2D eigenvalue weighted by atomic mass is 15.1. The Hall–Kier alpha value is -0.0400. The van der Waals surface area contributed by atoms with Crippen molar-refractivity contribution < 1.29 is 0 Å². The summed E-state index contributed by atoms with van der Waals surface area (Å²) in [4.78, 5) is 2.22. The molecule has 1 nitrogen and oxygen atoms in total. The van der Waals surface area contributed by atoms with Crippen LogP contribution in [-0.2, 0) is 0 Å². The maximum atomic E-state index is 2.22. The zero-order valence-corrected chi connectivity index (χ0v) is 7.73. The second-order valence-corrected chi connectivity index (χ2v) is 2.22. The number of hydrogen-bond donors (Lipinski definition) is 0. The molecule has 0 unspecified atom stereocenters. The Bertz CT molecular complexity index is 41.8. The van der Waals surface area contributed by atoms with Crippen molar-refractivity contribution in [2.45, 2.75) is 40.2 Å². The summed E-state index contributed by atoms with van der Waals surface area (Å²) in [7, 11) is 4.21. The molecule has 0 heterocycles. The molecule has 0 fully saturated rings. The van der Waals surface area contributed by atoms with E-state index in [9.17, 15) is 0 Å². The summed E-state index contributed by atoms with van der Waals surface area (Å²) in [5.41, 5.74) is 0. The van der Waals surface area contributed by atoms with E-state index in [4.69, 9.17) is 0 Å². The third kappa shape index (κ3) is 7.96. The Labute approximate surface area is 60.1 Å². The van der Waals surface area contributed by atoms with Crippen LogP contribution in [0.25, 0.3) is 0 Å². The van der Waals surface area contributed by atoms with Crippen LogP contribution in [0.5, 0.6) is 0 Å². The molecule has 0 amide bonds. The van der Waals surface area contributed by atoms with Crippen molar-refractivity contribution >= 4 is 0 Å². The minimum absolute atomic E-state index is 0.736. The molecule has 0 aromatic carbocycles. The molecule has 0 aliphatic heterocycles. The zero-order valence-electron chi connectivity index (χ0n) is 7.73. The smallest absolute Gasteiger partial charge is 0.00582 e. The maximum Gasteiger partial charge on any atom is 0.00582 e. The number of hydrogen-bond acceptors (Lipinski definition) is 1. The van der Waals surface area contributed by atoms with Gasteiger partial charge in [-0.2, -0.15) is 0 Å². The van der Waals surface area contributed by atoms with Gasteiger partial charge in [0.2, 0.25) is 0 Å². The van der Waals surface area contributed by atoms with E-state index < -0.39 is 0 Å². The lowest BCUT2D eigenvalue weighted by Gasteiger charge is -2.16. The minimum atomic E-state index is 0.736. The molecule has 0 spiro atoms. The molecular formula is C8H21N. The van der Waals surface area contributed by atoms with E-state index in [2.05, 4.69) is 32.8 Å². The first-order valence-electron chi connectivity index (χ1n) is 3.85. The van der Waals surface area contributed by atoms with Crippen LogP contribution in [0.4, 0.5) is 0 Å². The van der Waals surface area contributed by atoms with Gasteiger partial charge >= 0.3 is 0 Å². The molecule has 0 radical (unpaired) electrons. The van der Waals surface area contributed by atoms with Crippen LogP contribution in [0.3, 0.4) is 0 Å². The van der Waals surface area contributed by atoms with Crippen molar-refractivity contribution in [1.29, 1.82) is 0 Å². The van der Waals surface area contributed by atoms with Crippen LogP contribution in [-0.4, -0.2) is 25.0 Å². The van der Waals surface area contributed by atoms with Gasteiger partial charge in [0.1, 0.15) is 0 Å². The lowest BCUT2D eigenvalue weighted by Crippen LogP contribution is -2.23. The van der Waals surface area contributed by atoms with Gasteiger partial charge in [-0.1, -0.05) is 20.8 Å². The molecule has 0 N–H and O–H groups in total. The summed E-state index contributed by atoms with van der Waals surface area (Å²) < 4.78 is 0. The highest BCUT2D eigenvalue weighted by molar-refractivity contribution is 4.53. The minimum Gasteiger partial charge on any atom is -0.307 e. The molecule has 58 valence electrons. The summed E-state index contributed by atoms with van der Waals surface area (Å²) in [5.74, 6) is 0. The first kappa shape index (κ1) is 11.7. The SMILES string of the molecule is CC.CC[C@H](C)N(C)C. The fraction of sp³-hybridized carbons (Fsp3) is 1.00. The van der Waals surface area contributed by atoms with Gasteiger partial charge in [-0.3, -0.25) is 0 Å². The largest absolute Gasteiger partial charge is 0.307 e. The molecular weight excluding hydrogens is 110 g/mol. The topological polar surface area (TPSA) is 3.24 Å². The molecule has 0 rings (SSSR count). The first-order chi connectivity index (χ1) is 4.18. The van der Waals surface area contributed by atoms with Gasteiger partial charge in [0.05, 0.1) is 0 Å². The molecule has 0 aromatic rings. The molecule has 0 saturated heterocycles. The van der Waals surface area contributed by atoms with Crippen LogP contribution >= 0.6 is 0 Å². The van der Waals surface area contributed by atoms with E-state index in [0.717, 1.165) is 6.04 Å². The average Bonchev–Trinajstić information content (AvgIpc) is 1.91. The van der Waals surface area contributed by atoms with Crippen LogP contribution in [0.15, 0.2) is 0 Å². The number of nitrogens with zero attached hydrogens (tertiary/aromatic N) is 1. The molecule has 0 saturated carbocycles. The van der Waals surface area contributed by atoms with Gasteiger partial charge in [0.15, 0.2) is 0 Å². The quantitative estimate of drug-likeness (QED) is 0.556.